The second-order valence-corrected chi connectivity index (χ2v) is 8.45. The molecule has 11 nitrogen and oxygen atoms in total. The van der Waals surface area contributed by atoms with Crippen LogP contribution in [0.3, 0.4) is 0 Å². The Bertz CT molecular complexity index is 1180. The maximum atomic E-state index is 12.8. The number of aliphatic hydroxyl groups excluding tert-OH is 1. The second-order valence-electron chi connectivity index (χ2n) is 6.83. The molecule has 162 valence electrons. The summed E-state index contributed by atoms with van der Waals surface area (Å²) in [6.07, 6.45) is -1.72. The van der Waals surface area contributed by atoms with E-state index < -0.39 is 43.4 Å². The summed E-state index contributed by atoms with van der Waals surface area (Å²) in [6.45, 7) is 1.28. The van der Waals surface area contributed by atoms with E-state index in [0.717, 1.165) is 15.9 Å². The summed E-state index contributed by atoms with van der Waals surface area (Å²) in [5, 5.41) is 12.2. The Hall–Kier alpha value is -2.60. The Kier molecular flexibility index (Phi) is 6.19. The minimum atomic E-state index is -3.22. The van der Waals surface area contributed by atoms with Crippen LogP contribution in [0.1, 0.15) is 23.5 Å². The highest BCUT2D eigenvalue weighted by molar-refractivity contribution is 7.30. The largest absolute Gasteiger partial charge is 0.566 e. The summed E-state index contributed by atoms with van der Waals surface area (Å²) in [5.41, 5.74) is 0.561. The standard InChI is InChI=1S/C18H17N4O7PS/c1-9-11(7-23)28-17(12(9)29-30(26)27)22-15-13(31-18(22)25)14(19-8-20-15)21-16(24)10-5-3-2-4-6-10/h2-6,8-9,11-12,17,23H,7H2,1H3,(H,19,20,21,24)/t9-,11-,12-,17-/m1/s1. The Morgan fingerprint density at radius 1 is 1.39 bits per heavy atom. The van der Waals surface area contributed by atoms with Crippen LogP contribution in [0.4, 0.5) is 5.82 Å². The van der Waals surface area contributed by atoms with E-state index in [1.54, 1.807) is 37.3 Å². The highest BCUT2D eigenvalue weighted by atomic mass is 32.1. The first-order valence-corrected chi connectivity index (χ1v) is 11.1. The highest BCUT2D eigenvalue weighted by Crippen LogP contribution is 2.40. The van der Waals surface area contributed by atoms with Crippen LogP contribution in [0.5, 0.6) is 0 Å². The minimum Gasteiger partial charge on any atom is -0.566 e. The van der Waals surface area contributed by atoms with Crippen molar-refractivity contribution in [3.8, 4) is 0 Å². The zero-order chi connectivity index (χ0) is 22.1. The van der Waals surface area contributed by atoms with Crippen molar-refractivity contribution < 1.29 is 28.6 Å². The van der Waals surface area contributed by atoms with Gasteiger partial charge in [-0.15, -0.1) is 4.52 Å². The number of carbonyl (C=O) groups is 1. The number of amides is 1. The summed E-state index contributed by atoms with van der Waals surface area (Å²) in [4.78, 5) is 44.2. The molecule has 4 rings (SSSR count). The van der Waals surface area contributed by atoms with Crippen LogP contribution in [-0.4, -0.2) is 44.4 Å². The topological polar surface area (TPSA) is 156 Å². The van der Waals surface area contributed by atoms with Crippen molar-refractivity contribution in [3.63, 3.8) is 0 Å². The smallest absolute Gasteiger partial charge is 0.488 e. The molecular weight excluding hydrogens is 447 g/mol. The number of hydrogen-bond acceptors (Lipinski definition) is 10. The van der Waals surface area contributed by atoms with Crippen LogP contribution in [-0.2, 0) is 13.8 Å². The fourth-order valence-corrected chi connectivity index (χ4v) is 4.85. The lowest BCUT2D eigenvalue weighted by atomic mass is 10.0. The average molecular weight is 464 g/mol. The Labute approximate surface area is 180 Å². The number of aromatic nitrogens is 3. The normalized spacial score (nSPS) is 23.8. The van der Waals surface area contributed by atoms with Crippen molar-refractivity contribution >= 4 is 41.7 Å². The molecule has 3 aromatic rings. The number of aliphatic hydroxyl groups is 1. The van der Waals surface area contributed by atoms with Gasteiger partial charge in [-0.05, 0) is 16.7 Å². The lowest BCUT2D eigenvalue weighted by Crippen LogP contribution is -2.31. The van der Waals surface area contributed by atoms with Gasteiger partial charge in [0.2, 0.25) is 0 Å². The van der Waals surface area contributed by atoms with Gasteiger partial charge >= 0.3 is 13.1 Å². The molecule has 0 aliphatic carbocycles. The first-order chi connectivity index (χ1) is 14.9. The molecular formula is C18H17N4O7PS. The van der Waals surface area contributed by atoms with E-state index in [0.29, 0.717) is 10.3 Å². The van der Waals surface area contributed by atoms with E-state index in [-0.39, 0.29) is 18.1 Å². The summed E-state index contributed by atoms with van der Waals surface area (Å²) in [6, 6.07) is 8.49. The molecule has 2 N–H and O–H groups in total. The molecule has 0 bridgehead atoms. The van der Waals surface area contributed by atoms with Crippen LogP contribution in [0.25, 0.3) is 10.3 Å². The number of ether oxygens (including phenoxy) is 1. The minimum absolute atomic E-state index is 0.136. The lowest BCUT2D eigenvalue weighted by Gasteiger charge is -2.17. The Morgan fingerprint density at radius 2 is 2.13 bits per heavy atom. The summed E-state index contributed by atoms with van der Waals surface area (Å²) in [7, 11) is -3.22. The molecule has 1 fully saturated rings. The number of carbonyl (C=O) groups excluding carboxylic acids is 1. The molecule has 3 heterocycles. The predicted octanol–water partition coefficient (Wildman–Crippen LogP) is 1.03. The fourth-order valence-electron chi connectivity index (χ4n) is 3.45. The SMILES string of the molecule is C[C@H]1[C@@H](O[P+](=O)[O-])[C@H](n2c(=O)sc3c(NC(=O)c4ccccc4)ncnc32)O[C@@H]1CO. The van der Waals surface area contributed by atoms with Gasteiger partial charge in [-0.3, -0.25) is 14.2 Å². The molecule has 1 saturated heterocycles. The van der Waals surface area contributed by atoms with Crippen LogP contribution in [0.2, 0.25) is 0 Å². The van der Waals surface area contributed by atoms with E-state index >= 15 is 0 Å². The van der Waals surface area contributed by atoms with Crippen molar-refractivity contribution in [1.29, 1.82) is 0 Å². The number of thiazole rings is 1. The summed E-state index contributed by atoms with van der Waals surface area (Å²) < 4.78 is 23.4. The third-order valence-electron chi connectivity index (χ3n) is 5.01. The molecule has 1 aliphatic rings. The lowest BCUT2D eigenvalue weighted by molar-refractivity contribution is -0.193. The first kappa shape index (κ1) is 21.6. The van der Waals surface area contributed by atoms with E-state index in [2.05, 4.69) is 15.3 Å². The molecule has 0 spiro atoms. The van der Waals surface area contributed by atoms with Crippen molar-refractivity contribution in [3.05, 3.63) is 51.9 Å². The van der Waals surface area contributed by atoms with Gasteiger partial charge in [-0.2, -0.15) is 0 Å². The molecule has 5 atom stereocenters. The first-order valence-electron chi connectivity index (χ1n) is 9.20. The Morgan fingerprint density at radius 3 is 2.81 bits per heavy atom. The third kappa shape index (κ3) is 4.13. The Balaban J connectivity index is 1.74. The molecule has 1 aromatic carbocycles. The number of anilines is 1. The number of hydrogen-bond donors (Lipinski definition) is 2. The molecule has 1 amide bonds. The molecule has 0 radical (unpaired) electrons. The van der Waals surface area contributed by atoms with Crippen molar-refractivity contribution in [2.75, 3.05) is 11.9 Å². The second kappa shape index (κ2) is 8.87. The quantitative estimate of drug-likeness (QED) is 0.509. The molecule has 0 saturated carbocycles. The van der Waals surface area contributed by atoms with Crippen molar-refractivity contribution in [2.45, 2.75) is 25.4 Å². The number of rotatable bonds is 6. The van der Waals surface area contributed by atoms with Gasteiger partial charge in [0, 0.05) is 11.5 Å². The van der Waals surface area contributed by atoms with E-state index in [4.69, 9.17) is 9.26 Å². The molecule has 31 heavy (non-hydrogen) atoms. The monoisotopic (exact) mass is 464 g/mol. The molecule has 1 aliphatic heterocycles. The van der Waals surface area contributed by atoms with Gasteiger partial charge in [0.1, 0.15) is 11.0 Å². The fraction of sp³-hybridized carbons (Fsp3) is 0.333. The summed E-state index contributed by atoms with van der Waals surface area (Å²) in [5.74, 6) is -0.788. The van der Waals surface area contributed by atoms with Crippen LogP contribution in [0.15, 0.2) is 41.5 Å². The van der Waals surface area contributed by atoms with Gasteiger partial charge in [-0.25, -0.2) is 9.97 Å². The van der Waals surface area contributed by atoms with Crippen molar-refractivity contribution in [1.82, 2.24) is 14.5 Å². The number of nitrogens with zero attached hydrogens (tertiary/aromatic N) is 3. The van der Waals surface area contributed by atoms with E-state index in [9.17, 15) is 24.2 Å². The van der Waals surface area contributed by atoms with Gasteiger partial charge < -0.3 is 20.1 Å². The van der Waals surface area contributed by atoms with Gasteiger partial charge in [0.15, 0.2) is 23.8 Å². The average Bonchev–Trinajstić information content (AvgIpc) is 3.25. The maximum absolute atomic E-state index is 12.8. The number of nitrogens with one attached hydrogen (secondary N) is 1. The highest BCUT2D eigenvalue weighted by Gasteiger charge is 2.48. The van der Waals surface area contributed by atoms with Gasteiger partial charge in [-0.1, -0.05) is 36.5 Å². The number of benzene rings is 1. The predicted molar refractivity (Wildman–Crippen MR) is 109 cm³/mol. The molecule has 13 heteroatoms. The van der Waals surface area contributed by atoms with Crippen molar-refractivity contribution in [2.24, 2.45) is 5.92 Å². The van der Waals surface area contributed by atoms with Gasteiger partial charge in [0.05, 0.1) is 12.7 Å². The summed E-state index contributed by atoms with van der Waals surface area (Å²) >= 11 is 0.779. The zero-order valence-electron chi connectivity index (χ0n) is 16.1. The van der Waals surface area contributed by atoms with Crippen LogP contribution in [0, 0.1) is 5.92 Å². The van der Waals surface area contributed by atoms with Crippen LogP contribution < -0.4 is 15.1 Å². The van der Waals surface area contributed by atoms with Gasteiger partial charge in [0.25, 0.3) is 5.91 Å². The molecule has 1 unspecified atom stereocenters. The molecule has 2 aromatic heterocycles. The van der Waals surface area contributed by atoms with E-state index in [1.807, 2.05) is 0 Å². The van der Waals surface area contributed by atoms with Crippen LogP contribution >= 0.6 is 19.6 Å². The third-order valence-corrected chi connectivity index (χ3v) is 6.38. The van der Waals surface area contributed by atoms with E-state index in [1.165, 1.54) is 6.33 Å². The number of fused-ring (bicyclic) bond motifs is 1. The maximum Gasteiger partial charge on any atom is 0.488 e. The zero-order valence-corrected chi connectivity index (χ0v) is 17.8.